The third-order valence-corrected chi connectivity index (χ3v) is 4.72. The summed E-state index contributed by atoms with van der Waals surface area (Å²) in [5, 5.41) is 22.3. The molecule has 4 aromatic rings. The molecule has 0 aliphatic carbocycles. The van der Waals surface area contributed by atoms with Gasteiger partial charge in [-0.3, -0.25) is 0 Å². The van der Waals surface area contributed by atoms with Crippen LogP contribution >= 0.6 is 0 Å². The van der Waals surface area contributed by atoms with Crippen LogP contribution in [0.4, 0.5) is 5.82 Å². The number of nitrogens with one attached hydrogen (secondary N) is 2. The predicted molar refractivity (Wildman–Crippen MR) is 99.1 cm³/mol. The van der Waals surface area contributed by atoms with Crippen LogP contribution in [-0.4, -0.2) is 54.5 Å². The van der Waals surface area contributed by atoms with E-state index >= 15 is 0 Å². The summed E-state index contributed by atoms with van der Waals surface area (Å²) in [4.78, 5) is 4.47. The van der Waals surface area contributed by atoms with Crippen molar-refractivity contribution in [2.75, 3.05) is 18.5 Å². The van der Waals surface area contributed by atoms with Gasteiger partial charge in [-0.05, 0) is 30.2 Å². The van der Waals surface area contributed by atoms with E-state index in [-0.39, 0.29) is 0 Å². The molecule has 1 aromatic carbocycles. The van der Waals surface area contributed by atoms with Gasteiger partial charge in [0, 0.05) is 30.4 Å². The molecule has 0 amide bonds. The first-order valence-electron chi connectivity index (χ1n) is 8.90. The number of benzene rings is 1. The van der Waals surface area contributed by atoms with E-state index in [0.717, 1.165) is 54.3 Å². The maximum atomic E-state index is 5.42. The molecule has 0 bridgehead atoms. The van der Waals surface area contributed by atoms with Gasteiger partial charge in [-0.2, -0.15) is 5.21 Å². The number of aromatic amines is 1. The number of nitrogens with zero attached hydrogens (tertiary/aromatic N) is 6. The number of imidazole rings is 1. The summed E-state index contributed by atoms with van der Waals surface area (Å²) >= 11 is 0. The van der Waals surface area contributed by atoms with E-state index in [9.17, 15) is 0 Å². The summed E-state index contributed by atoms with van der Waals surface area (Å²) in [5.74, 6) is 1.41. The van der Waals surface area contributed by atoms with Crippen LogP contribution in [0.1, 0.15) is 12.8 Å². The van der Waals surface area contributed by atoms with Gasteiger partial charge >= 0.3 is 0 Å². The summed E-state index contributed by atoms with van der Waals surface area (Å²) in [6, 6.07) is 12.3. The second kappa shape index (κ2) is 6.76. The molecule has 9 nitrogen and oxygen atoms in total. The third kappa shape index (κ3) is 3.13. The van der Waals surface area contributed by atoms with E-state index in [0.29, 0.717) is 11.9 Å². The van der Waals surface area contributed by atoms with Gasteiger partial charge < -0.3 is 10.1 Å². The molecule has 2 N–H and O–H groups in total. The Hall–Kier alpha value is -3.33. The van der Waals surface area contributed by atoms with Crippen LogP contribution in [0.25, 0.3) is 28.3 Å². The number of fused-ring (bicyclic) bond motifs is 1. The van der Waals surface area contributed by atoms with E-state index < -0.39 is 0 Å². The zero-order valence-corrected chi connectivity index (χ0v) is 14.5. The van der Waals surface area contributed by atoms with E-state index in [1.807, 2.05) is 47.1 Å². The molecule has 1 saturated heterocycles. The van der Waals surface area contributed by atoms with E-state index in [1.54, 1.807) is 0 Å². The normalized spacial score (nSPS) is 15.3. The monoisotopic (exact) mass is 362 g/mol. The largest absolute Gasteiger partial charge is 0.381 e. The minimum Gasteiger partial charge on any atom is -0.381 e. The van der Waals surface area contributed by atoms with Gasteiger partial charge in [0.15, 0.2) is 5.65 Å². The molecule has 136 valence electrons. The van der Waals surface area contributed by atoms with Gasteiger partial charge in [0.2, 0.25) is 5.82 Å². The number of aromatic nitrogens is 7. The summed E-state index contributed by atoms with van der Waals surface area (Å²) in [6.07, 6.45) is 3.83. The average molecular weight is 362 g/mol. The second-order valence-corrected chi connectivity index (χ2v) is 6.48. The maximum Gasteiger partial charge on any atom is 0.204 e. The van der Waals surface area contributed by atoms with Crippen molar-refractivity contribution in [2.45, 2.75) is 18.9 Å². The van der Waals surface area contributed by atoms with Crippen molar-refractivity contribution in [3.63, 3.8) is 0 Å². The SMILES string of the molecule is c1cc(-c2cnc3ccc(NC4CCOCC4)nn23)ccc1-c1nn[nH]n1. The lowest BCUT2D eigenvalue weighted by Gasteiger charge is -2.23. The molecule has 0 spiro atoms. The molecule has 0 atom stereocenters. The molecule has 4 heterocycles. The highest BCUT2D eigenvalue weighted by atomic mass is 16.5. The summed E-state index contributed by atoms with van der Waals surface area (Å²) in [6.45, 7) is 1.59. The van der Waals surface area contributed by atoms with Crippen molar-refractivity contribution in [1.29, 1.82) is 0 Å². The zero-order valence-electron chi connectivity index (χ0n) is 14.5. The first-order chi connectivity index (χ1) is 13.4. The molecule has 5 rings (SSSR count). The lowest BCUT2D eigenvalue weighted by molar-refractivity contribution is 0.0903. The maximum absolute atomic E-state index is 5.42. The highest BCUT2D eigenvalue weighted by Crippen LogP contribution is 2.24. The van der Waals surface area contributed by atoms with Crippen LogP contribution < -0.4 is 5.32 Å². The Balaban J connectivity index is 1.45. The molecule has 0 radical (unpaired) electrons. The second-order valence-electron chi connectivity index (χ2n) is 6.48. The topological polar surface area (TPSA) is 106 Å². The van der Waals surface area contributed by atoms with E-state index in [1.165, 1.54) is 0 Å². The molecule has 1 fully saturated rings. The molecule has 0 saturated carbocycles. The highest BCUT2D eigenvalue weighted by molar-refractivity contribution is 5.67. The molecule has 27 heavy (non-hydrogen) atoms. The fraction of sp³-hybridized carbons (Fsp3) is 0.278. The number of ether oxygens (including phenoxy) is 1. The van der Waals surface area contributed by atoms with Gasteiger partial charge in [0.25, 0.3) is 0 Å². The Bertz CT molecular complexity index is 1040. The van der Waals surface area contributed by atoms with Crippen molar-refractivity contribution in [1.82, 2.24) is 35.2 Å². The third-order valence-electron chi connectivity index (χ3n) is 4.72. The molecule has 0 unspecified atom stereocenters. The number of anilines is 1. The Morgan fingerprint density at radius 1 is 1.04 bits per heavy atom. The molecular weight excluding hydrogens is 344 g/mol. The number of hydrogen-bond donors (Lipinski definition) is 2. The fourth-order valence-electron chi connectivity index (χ4n) is 3.27. The van der Waals surface area contributed by atoms with Gasteiger partial charge in [0.1, 0.15) is 5.82 Å². The standard InChI is InChI=1S/C18H18N8O/c1-3-13(18-21-24-25-22-18)4-2-12(1)15-11-19-17-6-5-16(23-26(15)17)20-14-7-9-27-10-8-14/h1-6,11,14H,7-10H2,(H,20,23)(H,21,22,24,25). The Morgan fingerprint density at radius 2 is 1.85 bits per heavy atom. The van der Waals surface area contributed by atoms with Crippen molar-refractivity contribution >= 4 is 11.5 Å². The summed E-state index contributed by atoms with van der Waals surface area (Å²) < 4.78 is 7.28. The molecule has 1 aliphatic heterocycles. The van der Waals surface area contributed by atoms with Crippen LogP contribution in [-0.2, 0) is 4.74 Å². The van der Waals surface area contributed by atoms with Crippen molar-refractivity contribution in [2.24, 2.45) is 0 Å². The predicted octanol–water partition coefficient (Wildman–Crippen LogP) is 2.17. The van der Waals surface area contributed by atoms with E-state index in [4.69, 9.17) is 9.84 Å². The number of hydrogen-bond acceptors (Lipinski definition) is 7. The Kier molecular flexibility index (Phi) is 3.98. The smallest absolute Gasteiger partial charge is 0.204 e. The van der Waals surface area contributed by atoms with Gasteiger partial charge in [-0.1, -0.05) is 24.3 Å². The minimum absolute atomic E-state index is 0.393. The lowest BCUT2D eigenvalue weighted by atomic mass is 10.1. The number of H-pyrrole nitrogens is 1. The summed E-state index contributed by atoms with van der Waals surface area (Å²) in [7, 11) is 0. The quantitative estimate of drug-likeness (QED) is 0.573. The fourth-order valence-corrected chi connectivity index (χ4v) is 3.27. The van der Waals surface area contributed by atoms with Gasteiger partial charge in [0.05, 0.1) is 11.9 Å². The minimum atomic E-state index is 0.393. The van der Waals surface area contributed by atoms with Crippen LogP contribution in [0.15, 0.2) is 42.6 Å². The van der Waals surface area contributed by atoms with Crippen LogP contribution in [0, 0.1) is 0 Å². The van der Waals surface area contributed by atoms with E-state index in [2.05, 4.69) is 30.9 Å². The zero-order chi connectivity index (χ0) is 18.1. The highest BCUT2D eigenvalue weighted by Gasteiger charge is 2.15. The van der Waals surface area contributed by atoms with Crippen molar-refractivity contribution in [3.05, 3.63) is 42.6 Å². The number of tetrazole rings is 1. The van der Waals surface area contributed by atoms with Crippen LogP contribution in [0.2, 0.25) is 0 Å². The first-order valence-corrected chi connectivity index (χ1v) is 8.90. The van der Waals surface area contributed by atoms with Gasteiger partial charge in [-0.25, -0.2) is 9.50 Å². The average Bonchev–Trinajstić information content (AvgIpc) is 3.39. The Labute approximate surface area is 154 Å². The summed E-state index contributed by atoms with van der Waals surface area (Å²) in [5.41, 5.74) is 3.66. The van der Waals surface area contributed by atoms with Crippen molar-refractivity contribution in [3.8, 4) is 22.6 Å². The molecule has 1 aliphatic rings. The molecule has 3 aromatic heterocycles. The molecule has 9 heteroatoms. The lowest BCUT2D eigenvalue weighted by Crippen LogP contribution is -2.28. The first kappa shape index (κ1) is 15.9. The molecular formula is C18H18N8O. The van der Waals surface area contributed by atoms with Gasteiger partial charge in [-0.15, -0.1) is 15.3 Å². The number of rotatable bonds is 4. The Morgan fingerprint density at radius 3 is 2.63 bits per heavy atom. The van der Waals surface area contributed by atoms with Crippen LogP contribution in [0.3, 0.4) is 0 Å². The van der Waals surface area contributed by atoms with Crippen LogP contribution in [0.5, 0.6) is 0 Å². The van der Waals surface area contributed by atoms with Crippen molar-refractivity contribution < 1.29 is 4.74 Å².